The van der Waals surface area contributed by atoms with Gasteiger partial charge in [-0.15, -0.1) is 0 Å². The molecule has 1 amide bonds. The molecule has 6 nitrogen and oxygen atoms in total. The number of amides is 1. The summed E-state index contributed by atoms with van der Waals surface area (Å²) in [6.07, 6.45) is 2.49. The Bertz CT molecular complexity index is 744. The number of benzene rings is 1. The van der Waals surface area contributed by atoms with Crippen molar-refractivity contribution in [1.82, 2.24) is 20.4 Å². The number of aromatic nitrogens is 2. The van der Waals surface area contributed by atoms with Crippen LogP contribution in [0.5, 0.6) is 0 Å². The fourth-order valence-electron chi connectivity index (χ4n) is 3.16. The number of nitrogens with one attached hydrogen (secondary N) is 2. The van der Waals surface area contributed by atoms with Gasteiger partial charge in [-0.3, -0.25) is 4.79 Å². The van der Waals surface area contributed by atoms with Crippen LogP contribution in [0.2, 0.25) is 0 Å². The van der Waals surface area contributed by atoms with Crippen molar-refractivity contribution in [2.24, 2.45) is 0 Å². The molecule has 0 unspecified atom stereocenters. The highest BCUT2D eigenvalue weighted by Gasteiger charge is 2.30. The summed E-state index contributed by atoms with van der Waals surface area (Å²) < 4.78 is 20.1. The third kappa shape index (κ3) is 3.72. The van der Waals surface area contributed by atoms with Gasteiger partial charge in [-0.25, -0.2) is 9.07 Å². The predicted octanol–water partition coefficient (Wildman–Crippen LogP) is 1.87. The lowest BCUT2D eigenvalue weighted by Gasteiger charge is -2.17. The first-order valence-corrected chi connectivity index (χ1v) is 8.36. The predicted molar refractivity (Wildman–Crippen MR) is 92.0 cm³/mol. The Hall–Kier alpha value is -2.25. The monoisotopic (exact) mass is 346 g/mol. The molecule has 1 saturated heterocycles. The second kappa shape index (κ2) is 7.33. The van der Waals surface area contributed by atoms with Crippen molar-refractivity contribution in [2.45, 2.75) is 38.5 Å². The molecule has 0 bridgehead atoms. The van der Waals surface area contributed by atoms with Crippen LogP contribution >= 0.6 is 0 Å². The number of carbonyl (C=O) groups is 1. The number of ether oxygens (including phenoxy) is 1. The van der Waals surface area contributed by atoms with E-state index >= 15 is 0 Å². The summed E-state index contributed by atoms with van der Waals surface area (Å²) >= 11 is 0. The van der Waals surface area contributed by atoms with E-state index in [1.165, 1.54) is 12.1 Å². The second-order valence-corrected chi connectivity index (χ2v) is 6.36. The minimum atomic E-state index is -0.284. The molecule has 3 atom stereocenters. The van der Waals surface area contributed by atoms with Crippen molar-refractivity contribution in [2.75, 3.05) is 13.7 Å². The molecule has 0 aliphatic carbocycles. The Balaban J connectivity index is 1.69. The lowest BCUT2D eigenvalue weighted by atomic mass is 10.1. The minimum absolute atomic E-state index is 0.0408. The molecule has 134 valence electrons. The molecule has 1 fully saturated rings. The van der Waals surface area contributed by atoms with Gasteiger partial charge in [0.25, 0.3) is 0 Å². The molecule has 1 aromatic carbocycles. The van der Waals surface area contributed by atoms with Crippen LogP contribution in [0.25, 0.3) is 5.69 Å². The first-order valence-electron chi connectivity index (χ1n) is 8.36. The molecule has 1 aliphatic heterocycles. The summed E-state index contributed by atoms with van der Waals surface area (Å²) in [6.45, 7) is 4.55. The van der Waals surface area contributed by atoms with Crippen LogP contribution in [-0.4, -0.2) is 41.5 Å². The van der Waals surface area contributed by atoms with E-state index in [4.69, 9.17) is 4.74 Å². The van der Waals surface area contributed by atoms with Crippen LogP contribution in [0.1, 0.15) is 30.6 Å². The van der Waals surface area contributed by atoms with Gasteiger partial charge in [-0.2, -0.15) is 5.10 Å². The molecular formula is C18H23FN4O2. The zero-order chi connectivity index (χ0) is 18.0. The second-order valence-electron chi connectivity index (χ2n) is 6.36. The van der Waals surface area contributed by atoms with Crippen LogP contribution in [0.15, 0.2) is 30.5 Å². The Morgan fingerprint density at radius 3 is 2.80 bits per heavy atom. The lowest BCUT2D eigenvalue weighted by Crippen LogP contribution is -2.41. The molecule has 7 heteroatoms. The highest BCUT2D eigenvalue weighted by molar-refractivity contribution is 5.82. The van der Waals surface area contributed by atoms with Crippen LogP contribution in [0.4, 0.5) is 4.39 Å². The molecule has 2 aromatic rings. The summed E-state index contributed by atoms with van der Waals surface area (Å²) in [4.78, 5) is 12.4. The molecule has 0 spiro atoms. The van der Waals surface area contributed by atoms with Gasteiger partial charge >= 0.3 is 0 Å². The Kier molecular flexibility index (Phi) is 5.15. The van der Waals surface area contributed by atoms with E-state index in [1.807, 2.05) is 13.8 Å². The Morgan fingerprint density at radius 1 is 1.44 bits per heavy atom. The van der Waals surface area contributed by atoms with E-state index < -0.39 is 0 Å². The van der Waals surface area contributed by atoms with Crippen molar-refractivity contribution in [3.05, 3.63) is 47.5 Å². The summed E-state index contributed by atoms with van der Waals surface area (Å²) in [5.74, 6) is -0.325. The number of hydrogen-bond acceptors (Lipinski definition) is 4. The molecule has 0 radical (unpaired) electrons. The number of halogens is 1. The van der Waals surface area contributed by atoms with Gasteiger partial charge < -0.3 is 15.4 Å². The zero-order valence-corrected chi connectivity index (χ0v) is 14.6. The Morgan fingerprint density at radius 2 is 2.16 bits per heavy atom. The van der Waals surface area contributed by atoms with Crippen LogP contribution < -0.4 is 10.6 Å². The standard InChI is InChI=1S/C18H23FN4O2/c1-11(22-18(24)17-8-15(25-3)9-20-17)16-10-21-23(12(16)2)14-6-4-13(19)5-7-14/h4-7,10-11,15,17,20H,8-9H2,1-3H3,(H,22,24)/t11-,15-,17+/m0/s1. The van der Waals surface area contributed by atoms with Gasteiger partial charge in [-0.05, 0) is 44.5 Å². The fraction of sp³-hybridized carbons (Fsp3) is 0.444. The summed E-state index contributed by atoms with van der Waals surface area (Å²) in [6, 6.07) is 5.74. The number of methoxy groups -OCH3 is 1. The number of nitrogens with zero attached hydrogens (tertiary/aromatic N) is 2. The maximum Gasteiger partial charge on any atom is 0.237 e. The van der Waals surface area contributed by atoms with E-state index in [2.05, 4.69) is 15.7 Å². The van der Waals surface area contributed by atoms with Crippen molar-refractivity contribution in [3.8, 4) is 5.69 Å². The SMILES string of the molecule is CO[C@@H]1CN[C@@H](C(=O)N[C@@H](C)c2cnn(-c3ccc(F)cc3)c2C)C1. The summed E-state index contributed by atoms with van der Waals surface area (Å²) in [5, 5.41) is 10.6. The van der Waals surface area contributed by atoms with Gasteiger partial charge in [0, 0.05) is 24.9 Å². The normalized spacial score (nSPS) is 21.3. The van der Waals surface area contributed by atoms with Crippen LogP contribution in [0.3, 0.4) is 0 Å². The highest BCUT2D eigenvalue weighted by Crippen LogP contribution is 2.21. The molecule has 2 heterocycles. The molecular weight excluding hydrogens is 323 g/mol. The van der Waals surface area contributed by atoms with Crippen molar-refractivity contribution in [3.63, 3.8) is 0 Å². The summed E-state index contributed by atoms with van der Waals surface area (Å²) in [5.41, 5.74) is 2.62. The number of hydrogen-bond donors (Lipinski definition) is 2. The van der Waals surface area contributed by atoms with Gasteiger partial charge in [0.05, 0.1) is 30.1 Å². The van der Waals surface area contributed by atoms with E-state index in [-0.39, 0.29) is 29.9 Å². The fourth-order valence-corrected chi connectivity index (χ4v) is 3.16. The smallest absolute Gasteiger partial charge is 0.237 e. The first kappa shape index (κ1) is 17.6. The summed E-state index contributed by atoms with van der Waals surface area (Å²) in [7, 11) is 1.66. The molecule has 0 saturated carbocycles. The average Bonchev–Trinajstić information content (AvgIpc) is 3.22. The van der Waals surface area contributed by atoms with Crippen LogP contribution in [-0.2, 0) is 9.53 Å². The van der Waals surface area contributed by atoms with Crippen molar-refractivity contribution >= 4 is 5.91 Å². The molecule has 1 aliphatic rings. The number of rotatable bonds is 5. The third-order valence-electron chi connectivity index (χ3n) is 4.68. The molecule has 2 N–H and O–H groups in total. The van der Waals surface area contributed by atoms with Crippen molar-refractivity contribution < 1.29 is 13.9 Å². The maximum atomic E-state index is 13.1. The van der Waals surface area contributed by atoms with Gasteiger partial charge in [0.2, 0.25) is 5.91 Å². The maximum absolute atomic E-state index is 13.1. The number of carbonyl (C=O) groups excluding carboxylic acids is 1. The average molecular weight is 346 g/mol. The Labute approximate surface area is 146 Å². The molecule has 3 rings (SSSR count). The van der Waals surface area contributed by atoms with Gasteiger partial charge in [-0.1, -0.05) is 0 Å². The molecule has 25 heavy (non-hydrogen) atoms. The minimum Gasteiger partial charge on any atom is -0.380 e. The largest absolute Gasteiger partial charge is 0.380 e. The van der Waals surface area contributed by atoms with E-state index in [9.17, 15) is 9.18 Å². The van der Waals surface area contributed by atoms with E-state index in [0.29, 0.717) is 13.0 Å². The highest BCUT2D eigenvalue weighted by atomic mass is 19.1. The van der Waals surface area contributed by atoms with Crippen molar-refractivity contribution in [1.29, 1.82) is 0 Å². The lowest BCUT2D eigenvalue weighted by molar-refractivity contribution is -0.123. The quantitative estimate of drug-likeness (QED) is 0.867. The van der Waals surface area contributed by atoms with E-state index in [0.717, 1.165) is 16.9 Å². The van der Waals surface area contributed by atoms with E-state index in [1.54, 1.807) is 30.1 Å². The molecule has 1 aromatic heterocycles. The third-order valence-corrected chi connectivity index (χ3v) is 4.68. The topological polar surface area (TPSA) is 68.2 Å². The van der Waals surface area contributed by atoms with Crippen LogP contribution in [0, 0.1) is 12.7 Å². The first-order chi connectivity index (χ1) is 12.0. The van der Waals surface area contributed by atoms with Gasteiger partial charge in [0.15, 0.2) is 0 Å². The zero-order valence-electron chi connectivity index (χ0n) is 14.6. The van der Waals surface area contributed by atoms with Gasteiger partial charge in [0.1, 0.15) is 5.82 Å².